The zero-order valence-electron chi connectivity index (χ0n) is 7.75. The smallest absolute Gasteiger partial charge is 0.117 e. The molecule has 0 saturated heterocycles. The summed E-state index contributed by atoms with van der Waals surface area (Å²) in [5.74, 6) is 0.229. The van der Waals surface area contributed by atoms with Crippen LogP contribution in [-0.2, 0) is 0 Å². The molecule has 1 aromatic carbocycles. The van der Waals surface area contributed by atoms with E-state index in [1.54, 1.807) is 35.4 Å². The van der Waals surface area contributed by atoms with Gasteiger partial charge in [0.25, 0.3) is 0 Å². The molecule has 0 aliphatic rings. The highest BCUT2D eigenvalue weighted by atomic mass is 16.3. The van der Waals surface area contributed by atoms with Crippen LogP contribution in [0.25, 0.3) is 16.6 Å². The standard InChI is InChI=1S/C10H8N4O/c15-9-2-1-7-4-13-14(10(7)3-9)8-5-11-12-6-8/h1-6,15H,(H,11,12). The molecule has 74 valence electrons. The van der Waals surface area contributed by atoms with Crippen molar-refractivity contribution in [1.29, 1.82) is 0 Å². The molecule has 0 aliphatic heterocycles. The second-order valence-corrected chi connectivity index (χ2v) is 3.26. The van der Waals surface area contributed by atoms with E-state index in [4.69, 9.17) is 0 Å². The lowest BCUT2D eigenvalue weighted by molar-refractivity contribution is 0.476. The number of aromatic hydroxyl groups is 1. The van der Waals surface area contributed by atoms with Gasteiger partial charge in [-0.05, 0) is 12.1 Å². The summed E-state index contributed by atoms with van der Waals surface area (Å²) in [5, 5.41) is 21.2. The summed E-state index contributed by atoms with van der Waals surface area (Å²) < 4.78 is 1.72. The molecular weight excluding hydrogens is 192 g/mol. The fourth-order valence-electron chi connectivity index (χ4n) is 1.57. The predicted octanol–water partition coefficient (Wildman–Crippen LogP) is 1.45. The number of nitrogens with one attached hydrogen (secondary N) is 1. The third-order valence-corrected chi connectivity index (χ3v) is 2.28. The van der Waals surface area contributed by atoms with Crippen molar-refractivity contribution in [3.63, 3.8) is 0 Å². The SMILES string of the molecule is Oc1ccc2cnn(-c3cn[nH]c3)c2c1. The molecule has 0 atom stereocenters. The first-order chi connectivity index (χ1) is 7.34. The first kappa shape index (κ1) is 8.05. The average molecular weight is 200 g/mol. The van der Waals surface area contributed by atoms with E-state index < -0.39 is 0 Å². The molecular formula is C10H8N4O. The number of nitrogens with zero attached hydrogens (tertiary/aromatic N) is 3. The van der Waals surface area contributed by atoms with Gasteiger partial charge in [-0.3, -0.25) is 5.10 Å². The molecule has 2 N–H and O–H groups in total. The summed E-state index contributed by atoms with van der Waals surface area (Å²) in [6.45, 7) is 0. The van der Waals surface area contributed by atoms with Gasteiger partial charge >= 0.3 is 0 Å². The molecule has 2 aromatic heterocycles. The third kappa shape index (κ3) is 1.17. The van der Waals surface area contributed by atoms with Crippen LogP contribution in [0.4, 0.5) is 0 Å². The van der Waals surface area contributed by atoms with Crippen molar-refractivity contribution in [3.8, 4) is 11.4 Å². The lowest BCUT2D eigenvalue weighted by Gasteiger charge is -1.98. The van der Waals surface area contributed by atoms with Crippen LogP contribution in [0.2, 0.25) is 0 Å². The monoisotopic (exact) mass is 200 g/mol. The summed E-state index contributed by atoms with van der Waals surface area (Å²) in [6.07, 6.45) is 5.18. The molecule has 0 amide bonds. The number of H-pyrrole nitrogens is 1. The van der Waals surface area contributed by atoms with Crippen LogP contribution in [-0.4, -0.2) is 25.1 Å². The van der Waals surface area contributed by atoms with Crippen molar-refractivity contribution >= 4 is 10.9 Å². The zero-order valence-corrected chi connectivity index (χ0v) is 7.75. The average Bonchev–Trinajstić information content (AvgIpc) is 2.83. The van der Waals surface area contributed by atoms with Gasteiger partial charge < -0.3 is 5.11 Å². The van der Waals surface area contributed by atoms with Crippen molar-refractivity contribution in [1.82, 2.24) is 20.0 Å². The van der Waals surface area contributed by atoms with E-state index in [9.17, 15) is 5.11 Å². The molecule has 0 fully saturated rings. The molecule has 0 saturated carbocycles. The Labute approximate surface area is 85.0 Å². The molecule has 3 aromatic rings. The summed E-state index contributed by atoms with van der Waals surface area (Å²) >= 11 is 0. The summed E-state index contributed by atoms with van der Waals surface area (Å²) in [7, 11) is 0. The van der Waals surface area contributed by atoms with Gasteiger partial charge in [-0.15, -0.1) is 0 Å². The van der Waals surface area contributed by atoms with Gasteiger partial charge in [0.2, 0.25) is 0 Å². The van der Waals surface area contributed by atoms with Crippen molar-refractivity contribution in [2.45, 2.75) is 0 Å². The first-order valence-electron chi connectivity index (χ1n) is 4.50. The van der Waals surface area contributed by atoms with E-state index in [0.717, 1.165) is 16.6 Å². The Bertz CT molecular complexity index is 597. The van der Waals surface area contributed by atoms with Gasteiger partial charge in [0.1, 0.15) is 11.4 Å². The summed E-state index contributed by atoms with van der Waals surface area (Å²) in [6, 6.07) is 5.15. The van der Waals surface area contributed by atoms with Crippen LogP contribution in [0, 0.1) is 0 Å². The zero-order chi connectivity index (χ0) is 10.3. The maximum atomic E-state index is 9.41. The van der Waals surface area contributed by atoms with Crippen LogP contribution in [0.3, 0.4) is 0 Å². The van der Waals surface area contributed by atoms with Gasteiger partial charge in [0.05, 0.1) is 17.9 Å². The van der Waals surface area contributed by atoms with Crippen LogP contribution in [0.1, 0.15) is 0 Å². The minimum atomic E-state index is 0.229. The van der Waals surface area contributed by atoms with Crippen LogP contribution in [0.15, 0.2) is 36.8 Å². The normalized spacial score (nSPS) is 10.9. The van der Waals surface area contributed by atoms with Gasteiger partial charge in [0, 0.05) is 17.6 Å². The molecule has 0 aliphatic carbocycles. The Balaban J connectivity index is 2.32. The summed E-state index contributed by atoms with van der Waals surface area (Å²) in [4.78, 5) is 0. The Hall–Kier alpha value is -2.30. The van der Waals surface area contributed by atoms with Gasteiger partial charge in [-0.1, -0.05) is 0 Å². The molecule has 2 heterocycles. The molecule has 5 nitrogen and oxygen atoms in total. The van der Waals surface area contributed by atoms with Gasteiger partial charge in [-0.2, -0.15) is 10.2 Å². The van der Waals surface area contributed by atoms with E-state index in [1.165, 1.54) is 0 Å². The van der Waals surface area contributed by atoms with E-state index in [2.05, 4.69) is 15.3 Å². The lowest BCUT2D eigenvalue weighted by Crippen LogP contribution is -1.93. The predicted molar refractivity (Wildman–Crippen MR) is 54.9 cm³/mol. The Morgan fingerprint density at radius 3 is 3.00 bits per heavy atom. The Morgan fingerprint density at radius 2 is 2.20 bits per heavy atom. The lowest BCUT2D eigenvalue weighted by atomic mass is 10.2. The number of benzene rings is 1. The molecule has 3 rings (SSSR count). The molecule has 0 unspecified atom stereocenters. The number of hydrogen-bond acceptors (Lipinski definition) is 3. The molecule has 0 radical (unpaired) electrons. The molecule has 15 heavy (non-hydrogen) atoms. The number of phenols is 1. The van der Waals surface area contributed by atoms with Crippen LogP contribution in [0.5, 0.6) is 5.75 Å². The minimum absolute atomic E-state index is 0.229. The highest BCUT2D eigenvalue weighted by molar-refractivity contribution is 5.81. The topological polar surface area (TPSA) is 66.7 Å². The fourth-order valence-corrected chi connectivity index (χ4v) is 1.57. The number of hydrogen-bond donors (Lipinski definition) is 2. The maximum absolute atomic E-state index is 9.41. The van der Waals surface area contributed by atoms with Crippen molar-refractivity contribution in [2.75, 3.05) is 0 Å². The van der Waals surface area contributed by atoms with Crippen LogP contribution < -0.4 is 0 Å². The van der Waals surface area contributed by atoms with Crippen molar-refractivity contribution in [3.05, 3.63) is 36.8 Å². The quantitative estimate of drug-likeness (QED) is 0.624. The van der Waals surface area contributed by atoms with Gasteiger partial charge in [-0.25, -0.2) is 4.68 Å². The minimum Gasteiger partial charge on any atom is -0.508 e. The molecule has 0 spiro atoms. The number of phenolic OH excluding ortho intramolecular Hbond substituents is 1. The summed E-state index contributed by atoms with van der Waals surface area (Å²) in [5.41, 5.74) is 1.70. The highest BCUT2D eigenvalue weighted by Gasteiger charge is 2.05. The first-order valence-corrected chi connectivity index (χ1v) is 4.50. The second-order valence-electron chi connectivity index (χ2n) is 3.26. The Kier molecular flexibility index (Phi) is 1.53. The number of aromatic amines is 1. The molecule has 0 bridgehead atoms. The van der Waals surface area contributed by atoms with Crippen molar-refractivity contribution in [2.24, 2.45) is 0 Å². The van der Waals surface area contributed by atoms with Crippen LogP contribution >= 0.6 is 0 Å². The van der Waals surface area contributed by atoms with Gasteiger partial charge in [0.15, 0.2) is 0 Å². The Morgan fingerprint density at radius 1 is 1.27 bits per heavy atom. The van der Waals surface area contributed by atoms with E-state index in [0.29, 0.717) is 0 Å². The van der Waals surface area contributed by atoms with E-state index >= 15 is 0 Å². The molecule has 5 heteroatoms. The number of rotatable bonds is 1. The van der Waals surface area contributed by atoms with E-state index in [1.807, 2.05) is 6.07 Å². The van der Waals surface area contributed by atoms with E-state index in [-0.39, 0.29) is 5.75 Å². The number of aromatic nitrogens is 4. The second kappa shape index (κ2) is 2.84. The third-order valence-electron chi connectivity index (χ3n) is 2.28. The number of fused-ring (bicyclic) bond motifs is 1. The van der Waals surface area contributed by atoms with Crippen molar-refractivity contribution < 1.29 is 5.11 Å². The largest absolute Gasteiger partial charge is 0.508 e. The maximum Gasteiger partial charge on any atom is 0.117 e. The fraction of sp³-hybridized carbons (Fsp3) is 0. The highest BCUT2D eigenvalue weighted by Crippen LogP contribution is 2.21.